The molecule has 0 heterocycles. The molecule has 0 saturated heterocycles. The van der Waals surface area contributed by atoms with Gasteiger partial charge in [0.2, 0.25) is 0 Å². The third kappa shape index (κ3) is 15.9. The summed E-state index contributed by atoms with van der Waals surface area (Å²) >= 11 is 0. The first kappa shape index (κ1) is 22.1. The third-order valence-electron chi connectivity index (χ3n) is 3.53. The minimum atomic E-state index is 0.657. The zero-order chi connectivity index (χ0) is 15.6. The SMILES string of the molecule is CCCCC(CNC)NC.CCCCC(CNC)NC. The molecule has 0 aromatic rings. The molecular formula is C16H40N4. The second-order valence-corrected chi connectivity index (χ2v) is 5.37. The van der Waals surface area contributed by atoms with Crippen LogP contribution in [0.3, 0.4) is 0 Å². The molecule has 0 aromatic carbocycles. The third-order valence-corrected chi connectivity index (χ3v) is 3.53. The highest BCUT2D eigenvalue weighted by Crippen LogP contribution is 1.98. The molecule has 0 spiro atoms. The van der Waals surface area contributed by atoms with Crippen molar-refractivity contribution in [3.63, 3.8) is 0 Å². The number of hydrogen-bond acceptors (Lipinski definition) is 4. The van der Waals surface area contributed by atoms with Crippen LogP contribution in [0.15, 0.2) is 0 Å². The van der Waals surface area contributed by atoms with Gasteiger partial charge in [-0.25, -0.2) is 0 Å². The fraction of sp³-hybridized carbons (Fsp3) is 1.00. The maximum atomic E-state index is 3.28. The van der Waals surface area contributed by atoms with Gasteiger partial charge in [-0.1, -0.05) is 39.5 Å². The Hall–Kier alpha value is -0.160. The van der Waals surface area contributed by atoms with E-state index in [1.54, 1.807) is 0 Å². The number of nitrogens with one attached hydrogen (secondary N) is 4. The van der Waals surface area contributed by atoms with Crippen molar-refractivity contribution >= 4 is 0 Å². The van der Waals surface area contributed by atoms with Crippen LogP contribution in [-0.2, 0) is 0 Å². The molecule has 0 aliphatic heterocycles. The average Bonchev–Trinajstić information content (AvgIpc) is 2.48. The molecule has 20 heavy (non-hydrogen) atoms. The summed E-state index contributed by atoms with van der Waals surface area (Å²) in [6, 6.07) is 1.31. The van der Waals surface area contributed by atoms with E-state index in [9.17, 15) is 0 Å². The number of likely N-dealkylation sites (N-methyl/N-ethyl adjacent to an activating group) is 4. The molecule has 0 aliphatic rings. The van der Waals surface area contributed by atoms with Crippen LogP contribution in [0, 0.1) is 0 Å². The van der Waals surface area contributed by atoms with Crippen LogP contribution in [0.25, 0.3) is 0 Å². The summed E-state index contributed by atoms with van der Waals surface area (Å²) in [6.07, 6.45) is 7.81. The predicted molar refractivity (Wildman–Crippen MR) is 92.6 cm³/mol. The molecule has 124 valence electrons. The van der Waals surface area contributed by atoms with Crippen LogP contribution in [0.4, 0.5) is 0 Å². The second-order valence-electron chi connectivity index (χ2n) is 5.37. The van der Waals surface area contributed by atoms with Gasteiger partial charge >= 0.3 is 0 Å². The van der Waals surface area contributed by atoms with E-state index in [1.165, 1.54) is 38.5 Å². The van der Waals surface area contributed by atoms with Gasteiger partial charge in [-0.15, -0.1) is 0 Å². The zero-order valence-electron chi connectivity index (χ0n) is 14.8. The summed E-state index contributed by atoms with van der Waals surface area (Å²) in [7, 11) is 8.04. The van der Waals surface area contributed by atoms with Gasteiger partial charge in [0.25, 0.3) is 0 Å². The Morgan fingerprint density at radius 3 is 1.20 bits per heavy atom. The summed E-state index contributed by atoms with van der Waals surface area (Å²) in [4.78, 5) is 0. The molecule has 2 atom stereocenters. The number of hydrogen-bond donors (Lipinski definition) is 4. The van der Waals surface area contributed by atoms with Crippen LogP contribution in [0.2, 0.25) is 0 Å². The van der Waals surface area contributed by atoms with Crippen LogP contribution < -0.4 is 21.3 Å². The molecule has 0 bridgehead atoms. The van der Waals surface area contributed by atoms with E-state index < -0.39 is 0 Å². The Bertz CT molecular complexity index is 147. The molecule has 0 radical (unpaired) electrons. The van der Waals surface area contributed by atoms with Crippen LogP contribution >= 0.6 is 0 Å². The molecule has 0 rings (SSSR count). The first-order valence-corrected chi connectivity index (χ1v) is 8.33. The minimum Gasteiger partial charge on any atom is -0.318 e. The van der Waals surface area contributed by atoms with Gasteiger partial charge < -0.3 is 21.3 Å². The van der Waals surface area contributed by atoms with Gasteiger partial charge in [0, 0.05) is 25.2 Å². The molecule has 4 N–H and O–H groups in total. The first-order chi connectivity index (χ1) is 9.69. The molecular weight excluding hydrogens is 248 g/mol. The van der Waals surface area contributed by atoms with Crippen molar-refractivity contribution in [1.29, 1.82) is 0 Å². The van der Waals surface area contributed by atoms with Crippen LogP contribution in [0.5, 0.6) is 0 Å². The zero-order valence-corrected chi connectivity index (χ0v) is 14.8. The number of rotatable bonds is 12. The summed E-state index contributed by atoms with van der Waals surface area (Å²) in [6.45, 7) is 6.62. The highest BCUT2D eigenvalue weighted by Gasteiger charge is 2.02. The highest BCUT2D eigenvalue weighted by atomic mass is 14.9. The molecule has 0 saturated carbocycles. The Morgan fingerprint density at radius 1 is 0.650 bits per heavy atom. The molecule has 0 amide bonds. The Labute approximate surface area is 127 Å². The topological polar surface area (TPSA) is 48.1 Å². The van der Waals surface area contributed by atoms with Crippen molar-refractivity contribution < 1.29 is 0 Å². The van der Waals surface area contributed by atoms with E-state index in [0.29, 0.717) is 12.1 Å². The fourth-order valence-corrected chi connectivity index (χ4v) is 2.09. The van der Waals surface area contributed by atoms with E-state index in [4.69, 9.17) is 0 Å². The highest BCUT2D eigenvalue weighted by molar-refractivity contribution is 4.66. The van der Waals surface area contributed by atoms with Crippen molar-refractivity contribution in [2.75, 3.05) is 41.3 Å². The summed E-state index contributed by atoms with van der Waals surface area (Å²) in [5.74, 6) is 0. The van der Waals surface area contributed by atoms with Crippen molar-refractivity contribution in [2.24, 2.45) is 0 Å². The van der Waals surface area contributed by atoms with Gasteiger partial charge in [-0.05, 0) is 41.0 Å². The van der Waals surface area contributed by atoms with E-state index in [0.717, 1.165) is 13.1 Å². The van der Waals surface area contributed by atoms with Crippen LogP contribution in [-0.4, -0.2) is 53.4 Å². The average molecular weight is 289 g/mol. The van der Waals surface area contributed by atoms with Crippen molar-refractivity contribution in [2.45, 2.75) is 64.5 Å². The lowest BCUT2D eigenvalue weighted by Gasteiger charge is -2.14. The summed E-state index contributed by atoms with van der Waals surface area (Å²) < 4.78 is 0. The normalized spacial score (nSPS) is 13.5. The van der Waals surface area contributed by atoms with Gasteiger partial charge in [-0.3, -0.25) is 0 Å². The van der Waals surface area contributed by atoms with E-state index in [1.807, 2.05) is 28.2 Å². The predicted octanol–water partition coefficient (Wildman–Crippen LogP) is 1.97. The number of unbranched alkanes of at least 4 members (excludes halogenated alkanes) is 2. The quantitative estimate of drug-likeness (QED) is 0.443. The summed E-state index contributed by atoms with van der Waals surface area (Å²) in [5, 5.41) is 12.9. The molecule has 0 fully saturated rings. The molecule has 4 heteroatoms. The van der Waals surface area contributed by atoms with Crippen molar-refractivity contribution in [1.82, 2.24) is 21.3 Å². The maximum absolute atomic E-state index is 3.28. The fourth-order valence-electron chi connectivity index (χ4n) is 2.09. The van der Waals surface area contributed by atoms with E-state index in [-0.39, 0.29) is 0 Å². The lowest BCUT2D eigenvalue weighted by molar-refractivity contribution is 0.481. The lowest BCUT2D eigenvalue weighted by atomic mass is 10.1. The minimum absolute atomic E-state index is 0.657. The van der Waals surface area contributed by atoms with Gasteiger partial charge in [0.05, 0.1) is 0 Å². The first-order valence-electron chi connectivity index (χ1n) is 8.33. The van der Waals surface area contributed by atoms with E-state index >= 15 is 0 Å². The summed E-state index contributed by atoms with van der Waals surface area (Å²) in [5.41, 5.74) is 0. The van der Waals surface area contributed by atoms with Crippen molar-refractivity contribution in [3.05, 3.63) is 0 Å². The van der Waals surface area contributed by atoms with Gasteiger partial charge in [-0.2, -0.15) is 0 Å². The molecule has 4 nitrogen and oxygen atoms in total. The van der Waals surface area contributed by atoms with E-state index in [2.05, 4.69) is 35.1 Å². The van der Waals surface area contributed by atoms with Gasteiger partial charge in [0.1, 0.15) is 0 Å². The molecule has 0 aliphatic carbocycles. The lowest BCUT2D eigenvalue weighted by Crippen LogP contribution is -2.34. The van der Waals surface area contributed by atoms with Crippen molar-refractivity contribution in [3.8, 4) is 0 Å². The second kappa shape index (κ2) is 18.8. The standard InChI is InChI=1S/2C8H20N2/c2*1-4-5-6-8(10-3)7-9-2/h2*8-10H,4-7H2,1-3H3. The Morgan fingerprint density at radius 2 is 1.00 bits per heavy atom. The van der Waals surface area contributed by atoms with Gasteiger partial charge in [0.15, 0.2) is 0 Å². The smallest absolute Gasteiger partial charge is 0.0189 e. The Kier molecular flexibility index (Phi) is 20.8. The maximum Gasteiger partial charge on any atom is 0.0189 e. The molecule has 2 unspecified atom stereocenters. The monoisotopic (exact) mass is 288 g/mol. The Balaban J connectivity index is 0. The molecule has 0 aromatic heterocycles. The van der Waals surface area contributed by atoms with Crippen LogP contribution in [0.1, 0.15) is 52.4 Å². The largest absolute Gasteiger partial charge is 0.318 e.